The number of aromatic amines is 1. The van der Waals surface area contributed by atoms with E-state index >= 15 is 0 Å². The highest BCUT2D eigenvalue weighted by molar-refractivity contribution is 5.26. The molecule has 0 saturated heterocycles. The van der Waals surface area contributed by atoms with Crippen LogP contribution in [-0.4, -0.2) is 25.7 Å². The molecule has 0 radical (unpaired) electrons. The van der Waals surface area contributed by atoms with Crippen molar-refractivity contribution >= 4 is 0 Å². The minimum Gasteiger partial charge on any atom is -0.377 e. The number of hydrogen-bond donors (Lipinski definition) is 2. The summed E-state index contributed by atoms with van der Waals surface area (Å²) in [6.07, 6.45) is 0. The second-order valence-corrected chi connectivity index (χ2v) is 3.17. The summed E-state index contributed by atoms with van der Waals surface area (Å²) in [5.74, 6) is 0.267. The minimum absolute atomic E-state index is 0.267. The molecular formula is C9H10N4O. The van der Waals surface area contributed by atoms with Crippen molar-refractivity contribution in [2.45, 2.75) is 12.5 Å². The highest BCUT2D eigenvalue weighted by Gasteiger charge is 2.29. The van der Waals surface area contributed by atoms with Crippen LogP contribution in [0.2, 0.25) is 0 Å². The molecule has 0 amide bonds. The fourth-order valence-corrected chi connectivity index (χ4v) is 1.26. The molecule has 0 fully saturated rings. The van der Waals surface area contributed by atoms with Crippen LogP contribution >= 0.6 is 0 Å². The molecule has 5 nitrogen and oxygen atoms in total. The number of aliphatic hydroxyl groups is 1. The van der Waals surface area contributed by atoms with Gasteiger partial charge in [0, 0.05) is 0 Å². The Kier molecular flexibility index (Phi) is 2.01. The maximum Gasteiger partial charge on any atom is 0.210 e. The number of nitrogens with zero attached hydrogens (tertiary/aromatic N) is 3. The zero-order valence-corrected chi connectivity index (χ0v) is 7.68. The summed E-state index contributed by atoms with van der Waals surface area (Å²) in [5, 5.41) is 23.4. The van der Waals surface area contributed by atoms with Crippen LogP contribution in [0.15, 0.2) is 30.3 Å². The number of rotatable bonds is 2. The lowest BCUT2D eigenvalue weighted by Gasteiger charge is -2.18. The molecule has 0 spiro atoms. The zero-order valence-electron chi connectivity index (χ0n) is 7.68. The third-order valence-corrected chi connectivity index (χ3v) is 2.12. The van der Waals surface area contributed by atoms with E-state index in [9.17, 15) is 5.11 Å². The quantitative estimate of drug-likeness (QED) is 0.721. The Bertz CT molecular complexity index is 396. The predicted octanol–water partition coefficient (Wildman–Crippen LogP) is 0.455. The van der Waals surface area contributed by atoms with E-state index in [4.69, 9.17) is 0 Å². The Balaban J connectivity index is 2.43. The van der Waals surface area contributed by atoms with E-state index < -0.39 is 5.60 Å². The maximum atomic E-state index is 10.2. The number of tetrazole rings is 1. The highest BCUT2D eigenvalue weighted by Crippen LogP contribution is 2.24. The number of nitrogens with one attached hydrogen (secondary N) is 1. The molecule has 0 aliphatic carbocycles. The lowest BCUT2D eigenvalue weighted by Crippen LogP contribution is -2.24. The summed E-state index contributed by atoms with van der Waals surface area (Å²) >= 11 is 0. The van der Waals surface area contributed by atoms with Crippen molar-refractivity contribution in [1.82, 2.24) is 20.6 Å². The number of aromatic nitrogens is 4. The van der Waals surface area contributed by atoms with Gasteiger partial charge in [0.2, 0.25) is 5.82 Å². The molecule has 1 heterocycles. The van der Waals surface area contributed by atoms with Gasteiger partial charge in [-0.1, -0.05) is 35.5 Å². The lowest BCUT2D eigenvalue weighted by atomic mass is 9.96. The van der Waals surface area contributed by atoms with E-state index in [0.29, 0.717) is 0 Å². The monoisotopic (exact) mass is 190 g/mol. The molecule has 72 valence electrons. The van der Waals surface area contributed by atoms with Gasteiger partial charge in [-0.05, 0) is 12.5 Å². The first-order valence-corrected chi connectivity index (χ1v) is 4.23. The van der Waals surface area contributed by atoms with Crippen LogP contribution in [0.3, 0.4) is 0 Å². The number of H-pyrrole nitrogens is 1. The molecule has 2 aromatic rings. The third-order valence-electron chi connectivity index (χ3n) is 2.12. The summed E-state index contributed by atoms with van der Waals surface area (Å²) in [4.78, 5) is 0. The van der Waals surface area contributed by atoms with E-state index in [1.165, 1.54) is 0 Å². The Morgan fingerprint density at radius 1 is 1.29 bits per heavy atom. The molecule has 14 heavy (non-hydrogen) atoms. The molecule has 0 aliphatic heterocycles. The van der Waals surface area contributed by atoms with Gasteiger partial charge in [-0.2, -0.15) is 5.21 Å². The number of benzene rings is 1. The van der Waals surface area contributed by atoms with Crippen LogP contribution in [0.1, 0.15) is 18.3 Å². The topological polar surface area (TPSA) is 74.7 Å². The van der Waals surface area contributed by atoms with E-state index in [-0.39, 0.29) is 5.82 Å². The first-order chi connectivity index (χ1) is 6.71. The van der Waals surface area contributed by atoms with Gasteiger partial charge in [0.15, 0.2) is 0 Å². The SMILES string of the molecule is C[C@](O)(c1ccccc1)c1nn[nH]n1. The van der Waals surface area contributed by atoms with Gasteiger partial charge in [-0.3, -0.25) is 0 Å². The average molecular weight is 190 g/mol. The molecular weight excluding hydrogens is 180 g/mol. The normalized spacial score (nSPS) is 15.0. The number of hydrogen-bond acceptors (Lipinski definition) is 4. The molecule has 1 aromatic carbocycles. The summed E-state index contributed by atoms with van der Waals surface area (Å²) in [5.41, 5.74) is -0.463. The fraction of sp³-hybridized carbons (Fsp3) is 0.222. The zero-order chi connectivity index (χ0) is 10.0. The third kappa shape index (κ3) is 1.38. The van der Waals surface area contributed by atoms with Crippen LogP contribution in [0.25, 0.3) is 0 Å². The van der Waals surface area contributed by atoms with Crippen molar-refractivity contribution < 1.29 is 5.11 Å². The van der Waals surface area contributed by atoms with Gasteiger partial charge < -0.3 is 5.11 Å². The van der Waals surface area contributed by atoms with Crippen molar-refractivity contribution in [2.24, 2.45) is 0 Å². The van der Waals surface area contributed by atoms with Gasteiger partial charge in [-0.15, -0.1) is 10.2 Å². The second kappa shape index (κ2) is 3.19. The smallest absolute Gasteiger partial charge is 0.210 e. The predicted molar refractivity (Wildman–Crippen MR) is 49.3 cm³/mol. The van der Waals surface area contributed by atoms with Gasteiger partial charge in [-0.25, -0.2) is 0 Å². The minimum atomic E-state index is -1.20. The summed E-state index contributed by atoms with van der Waals surface area (Å²) < 4.78 is 0. The summed E-state index contributed by atoms with van der Waals surface area (Å²) in [7, 11) is 0. The molecule has 1 atom stereocenters. The van der Waals surface area contributed by atoms with Crippen molar-refractivity contribution in [2.75, 3.05) is 0 Å². The van der Waals surface area contributed by atoms with Crippen LogP contribution in [0.5, 0.6) is 0 Å². The molecule has 2 rings (SSSR count). The van der Waals surface area contributed by atoms with Crippen molar-refractivity contribution in [3.63, 3.8) is 0 Å². The van der Waals surface area contributed by atoms with Crippen molar-refractivity contribution in [1.29, 1.82) is 0 Å². The Morgan fingerprint density at radius 3 is 2.57 bits per heavy atom. The Morgan fingerprint density at radius 2 is 2.00 bits per heavy atom. The first kappa shape index (κ1) is 8.83. The van der Waals surface area contributed by atoms with Gasteiger partial charge in [0.1, 0.15) is 5.60 Å². The maximum absolute atomic E-state index is 10.2. The van der Waals surface area contributed by atoms with E-state index in [1.807, 2.05) is 30.3 Å². The molecule has 0 unspecified atom stereocenters. The summed E-state index contributed by atoms with van der Waals surface area (Å²) in [6, 6.07) is 9.22. The molecule has 1 aromatic heterocycles. The lowest BCUT2D eigenvalue weighted by molar-refractivity contribution is 0.0922. The Hall–Kier alpha value is -1.75. The molecule has 0 aliphatic rings. The second-order valence-electron chi connectivity index (χ2n) is 3.17. The van der Waals surface area contributed by atoms with E-state index in [1.54, 1.807) is 6.92 Å². The van der Waals surface area contributed by atoms with Gasteiger partial charge in [0.05, 0.1) is 0 Å². The molecule has 0 bridgehead atoms. The average Bonchev–Trinajstić information content (AvgIpc) is 2.72. The first-order valence-electron chi connectivity index (χ1n) is 4.23. The van der Waals surface area contributed by atoms with Crippen LogP contribution in [-0.2, 0) is 5.60 Å². The van der Waals surface area contributed by atoms with E-state index in [2.05, 4.69) is 20.6 Å². The molecule has 5 heteroatoms. The summed E-state index contributed by atoms with van der Waals surface area (Å²) in [6.45, 7) is 1.63. The van der Waals surface area contributed by atoms with Crippen molar-refractivity contribution in [3.8, 4) is 0 Å². The van der Waals surface area contributed by atoms with Gasteiger partial charge in [0.25, 0.3) is 0 Å². The van der Waals surface area contributed by atoms with Crippen LogP contribution < -0.4 is 0 Å². The van der Waals surface area contributed by atoms with E-state index in [0.717, 1.165) is 5.56 Å². The Labute approximate surface area is 80.8 Å². The van der Waals surface area contributed by atoms with Gasteiger partial charge >= 0.3 is 0 Å². The fourth-order valence-electron chi connectivity index (χ4n) is 1.26. The van der Waals surface area contributed by atoms with Crippen LogP contribution in [0, 0.1) is 0 Å². The largest absolute Gasteiger partial charge is 0.377 e. The molecule has 2 N–H and O–H groups in total. The highest BCUT2D eigenvalue weighted by atomic mass is 16.3. The van der Waals surface area contributed by atoms with Crippen LogP contribution in [0.4, 0.5) is 0 Å². The standard InChI is InChI=1S/C9H10N4O/c1-9(14,8-10-12-13-11-8)7-5-3-2-4-6-7/h2-6,14H,1H3,(H,10,11,12,13)/t9-/m0/s1. The molecule has 0 saturated carbocycles. The van der Waals surface area contributed by atoms with Crippen molar-refractivity contribution in [3.05, 3.63) is 41.7 Å².